The molecule has 1 aliphatic carbocycles. The first-order valence-electron chi connectivity index (χ1n) is 6.06. The van der Waals surface area contributed by atoms with Crippen LogP contribution in [0, 0.1) is 22.7 Å². The van der Waals surface area contributed by atoms with E-state index < -0.39 is 0 Å². The monoisotopic (exact) mass is 209 g/mol. The molecule has 15 heavy (non-hydrogen) atoms. The lowest BCUT2D eigenvalue weighted by molar-refractivity contribution is 0.0110. The molecule has 0 aromatic carbocycles. The van der Waals surface area contributed by atoms with Crippen molar-refractivity contribution in [1.29, 1.82) is 5.26 Å². The minimum absolute atomic E-state index is 0.234. The van der Waals surface area contributed by atoms with Gasteiger partial charge in [-0.2, -0.15) is 5.26 Å². The zero-order chi connectivity index (χ0) is 11.3. The van der Waals surface area contributed by atoms with Crippen molar-refractivity contribution in [3.05, 3.63) is 0 Å². The molecule has 0 saturated heterocycles. The molecule has 1 fully saturated rings. The summed E-state index contributed by atoms with van der Waals surface area (Å²) in [5.41, 5.74) is -0.234. The van der Waals surface area contributed by atoms with Gasteiger partial charge in [0, 0.05) is 6.61 Å². The van der Waals surface area contributed by atoms with E-state index >= 15 is 0 Å². The summed E-state index contributed by atoms with van der Waals surface area (Å²) in [4.78, 5) is 0. The smallest absolute Gasteiger partial charge is 0.0684 e. The van der Waals surface area contributed by atoms with E-state index in [0.717, 1.165) is 18.9 Å². The molecule has 0 aromatic rings. The van der Waals surface area contributed by atoms with Gasteiger partial charge in [-0.25, -0.2) is 0 Å². The van der Waals surface area contributed by atoms with Crippen LogP contribution in [0.4, 0.5) is 0 Å². The van der Waals surface area contributed by atoms with Gasteiger partial charge in [0.05, 0.1) is 17.6 Å². The molecular formula is C13H23NO. The zero-order valence-electron chi connectivity index (χ0n) is 10.3. The van der Waals surface area contributed by atoms with Crippen molar-refractivity contribution in [3.8, 4) is 6.07 Å². The Bertz CT molecular complexity index is 221. The van der Waals surface area contributed by atoms with Crippen LogP contribution < -0.4 is 0 Å². The Labute approximate surface area is 93.6 Å². The fraction of sp³-hybridized carbons (Fsp3) is 0.923. The Morgan fingerprint density at radius 2 is 1.87 bits per heavy atom. The van der Waals surface area contributed by atoms with E-state index in [9.17, 15) is 0 Å². The Hall–Kier alpha value is -0.550. The van der Waals surface area contributed by atoms with Crippen molar-refractivity contribution in [2.75, 3.05) is 6.61 Å². The van der Waals surface area contributed by atoms with E-state index in [1.165, 1.54) is 25.7 Å². The predicted molar refractivity (Wildman–Crippen MR) is 61.4 cm³/mol. The van der Waals surface area contributed by atoms with Crippen molar-refractivity contribution in [1.82, 2.24) is 0 Å². The van der Waals surface area contributed by atoms with Crippen LogP contribution in [-0.2, 0) is 4.74 Å². The lowest BCUT2D eigenvalue weighted by atomic mass is 9.88. The van der Waals surface area contributed by atoms with Crippen LogP contribution in [0.15, 0.2) is 0 Å². The molecule has 0 spiro atoms. The van der Waals surface area contributed by atoms with Crippen molar-refractivity contribution in [2.45, 2.75) is 59.0 Å². The molecule has 86 valence electrons. The zero-order valence-corrected chi connectivity index (χ0v) is 10.3. The van der Waals surface area contributed by atoms with Gasteiger partial charge < -0.3 is 4.74 Å². The summed E-state index contributed by atoms with van der Waals surface area (Å²) < 4.78 is 5.82. The summed E-state index contributed by atoms with van der Waals surface area (Å²) in [5.74, 6) is 0.875. The molecular weight excluding hydrogens is 186 g/mol. The maximum absolute atomic E-state index is 8.86. The normalized spacial score (nSPS) is 27.3. The van der Waals surface area contributed by atoms with Crippen LogP contribution >= 0.6 is 0 Å². The van der Waals surface area contributed by atoms with Gasteiger partial charge in [-0.1, -0.05) is 6.92 Å². The van der Waals surface area contributed by atoms with Crippen molar-refractivity contribution in [3.63, 3.8) is 0 Å². The number of hydrogen-bond donors (Lipinski definition) is 0. The Kier molecular flexibility index (Phi) is 4.60. The van der Waals surface area contributed by atoms with Crippen LogP contribution in [-0.4, -0.2) is 12.7 Å². The van der Waals surface area contributed by atoms with Gasteiger partial charge >= 0.3 is 0 Å². The van der Waals surface area contributed by atoms with E-state index in [-0.39, 0.29) is 5.41 Å². The lowest BCUT2D eigenvalue weighted by Gasteiger charge is -2.27. The van der Waals surface area contributed by atoms with Gasteiger partial charge in [0.25, 0.3) is 0 Å². The molecule has 1 saturated carbocycles. The van der Waals surface area contributed by atoms with E-state index in [2.05, 4.69) is 13.0 Å². The number of rotatable bonds is 4. The third-order valence-corrected chi connectivity index (χ3v) is 3.35. The molecule has 0 N–H and O–H groups in total. The third-order valence-electron chi connectivity index (χ3n) is 3.35. The number of ether oxygens (including phenoxy) is 1. The van der Waals surface area contributed by atoms with Crippen LogP contribution in [0.1, 0.15) is 52.9 Å². The summed E-state index contributed by atoms with van der Waals surface area (Å²) >= 11 is 0. The minimum atomic E-state index is -0.234. The highest BCUT2D eigenvalue weighted by Gasteiger charge is 2.20. The van der Waals surface area contributed by atoms with E-state index in [1.807, 2.05) is 13.8 Å². The summed E-state index contributed by atoms with van der Waals surface area (Å²) in [6.45, 7) is 6.99. The van der Waals surface area contributed by atoms with Crippen LogP contribution in [0.3, 0.4) is 0 Å². The Balaban J connectivity index is 2.14. The van der Waals surface area contributed by atoms with Gasteiger partial charge in [-0.05, 0) is 51.9 Å². The summed E-state index contributed by atoms with van der Waals surface area (Å²) in [5, 5.41) is 8.86. The molecule has 2 nitrogen and oxygen atoms in total. The Morgan fingerprint density at radius 3 is 2.40 bits per heavy atom. The number of nitriles is 1. The highest BCUT2D eigenvalue weighted by atomic mass is 16.5. The minimum Gasteiger partial charge on any atom is -0.378 e. The first-order chi connectivity index (χ1) is 7.03. The van der Waals surface area contributed by atoms with Gasteiger partial charge in [0.2, 0.25) is 0 Å². The maximum Gasteiger partial charge on any atom is 0.0684 e. The quantitative estimate of drug-likeness (QED) is 0.709. The highest BCUT2D eigenvalue weighted by molar-refractivity contribution is 4.91. The van der Waals surface area contributed by atoms with Gasteiger partial charge in [-0.3, -0.25) is 0 Å². The number of nitrogens with zero attached hydrogens (tertiary/aromatic N) is 1. The number of hydrogen-bond acceptors (Lipinski definition) is 2. The molecule has 0 atom stereocenters. The van der Waals surface area contributed by atoms with Gasteiger partial charge in [0.1, 0.15) is 0 Å². The van der Waals surface area contributed by atoms with Crippen LogP contribution in [0.25, 0.3) is 0 Å². The predicted octanol–water partition coefficient (Wildman–Crippen LogP) is 3.52. The van der Waals surface area contributed by atoms with Crippen LogP contribution in [0.5, 0.6) is 0 Å². The SMILES string of the molecule is CC1CCC(OCCC(C)(C)C#N)CC1. The molecule has 0 aliphatic heterocycles. The largest absolute Gasteiger partial charge is 0.378 e. The lowest BCUT2D eigenvalue weighted by Crippen LogP contribution is -2.22. The molecule has 0 amide bonds. The maximum atomic E-state index is 8.86. The second-order valence-corrected chi connectivity index (χ2v) is 5.50. The molecule has 0 radical (unpaired) electrons. The first kappa shape index (κ1) is 12.5. The summed E-state index contributed by atoms with van der Waals surface area (Å²) in [6.07, 6.45) is 6.30. The Morgan fingerprint density at radius 1 is 1.27 bits per heavy atom. The fourth-order valence-corrected chi connectivity index (χ4v) is 1.93. The third kappa shape index (κ3) is 4.66. The highest BCUT2D eigenvalue weighted by Crippen LogP contribution is 2.26. The molecule has 1 rings (SSSR count). The molecule has 1 aliphatic rings. The van der Waals surface area contributed by atoms with Gasteiger partial charge in [0.15, 0.2) is 0 Å². The molecule has 2 heteroatoms. The summed E-state index contributed by atoms with van der Waals surface area (Å²) in [6, 6.07) is 2.31. The van der Waals surface area contributed by atoms with Crippen molar-refractivity contribution >= 4 is 0 Å². The fourth-order valence-electron chi connectivity index (χ4n) is 1.93. The van der Waals surface area contributed by atoms with Crippen molar-refractivity contribution in [2.24, 2.45) is 11.3 Å². The molecule has 0 heterocycles. The average molecular weight is 209 g/mol. The van der Waals surface area contributed by atoms with Crippen LogP contribution in [0.2, 0.25) is 0 Å². The second kappa shape index (κ2) is 5.51. The molecule has 0 bridgehead atoms. The standard InChI is InChI=1S/C13H23NO/c1-11-4-6-12(7-5-11)15-9-8-13(2,3)10-14/h11-12H,4-9H2,1-3H3. The van der Waals surface area contributed by atoms with E-state index in [1.54, 1.807) is 0 Å². The molecule has 0 unspecified atom stereocenters. The summed E-state index contributed by atoms with van der Waals surface area (Å²) in [7, 11) is 0. The second-order valence-electron chi connectivity index (χ2n) is 5.50. The van der Waals surface area contributed by atoms with E-state index in [0.29, 0.717) is 6.10 Å². The van der Waals surface area contributed by atoms with Gasteiger partial charge in [-0.15, -0.1) is 0 Å². The molecule has 0 aromatic heterocycles. The first-order valence-corrected chi connectivity index (χ1v) is 6.06. The van der Waals surface area contributed by atoms with E-state index in [4.69, 9.17) is 10.00 Å². The topological polar surface area (TPSA) is 33.0 Å². The average Bonchev–Trinajstić information content (AvgIpc) is 2.21. The van der Waals surface area contributed by atoms with Crippen molar-refractivity contribution < 1.29 is 4.74 Å².